The number of rotatable bonds is 4. The van der Waals surface area contributed by atoms with Gasteiger partial charge in [0, 0.05) is 24.2 Å². The molecule has 1 aromatic carbocycles. The first kappa shape index (κ1) is 18.4. The van der Waals surface area contributed by atoms with E-state index in [0.717, 1.165) is 10.9 Å². The zero-order chi connectivity index (χ0) is 19.7. The van der Waals surface area contributed by atoms with E-state index in [1.807, 2.05) is 24.3 Å². The van der Waals surface area contributed by atoms with E-state index in [0.29, 0.717) is 5.69 Å². The molecule has 0 aliphatic heterocycles. The van der Waals surface area contributed by atoms with Crippen LogP contribution in [0.2, 0.25) is 0 Å². The molecular weight excluding hydrogens is 348 g/mol. The second kappa shape index (κ2) is 7.11. The fraction of sp³-hybridized carbons (Fsp3) is 0.250. The zero-order valence-corrected chi connectivity index (χ0v) is 15.3. The number of benzene rings is 1. The van der Waals surface area contributed by atoms with Crippen LogP contribution < -0.4 is 11.1 Å². The highest BCUT2D eigenvalue weighted by molar-refractivity contribution is 5.80. The fourth-order valence-corrected chi connectivity index (χ4v) is 3.33. The van der Waals surface area contributed by atoms with Gasteiger partial charge in [-0.1, -0.05) is 18.2 Å². The van der Waals surface area contributed by atoms with Crippen LogP contribution in [0, 0.1) is 6.92 Å². The maximum absolute atomic E-state index is 13.0. The van der Waals surface area contributed by atoms with E-state index in [1.54, 1.807) is 20.0 Å². The molecule has 0 aliphatic rings. The summed E-state index contributed by atoms with van der Waals surface area (Å²) in [6.07, 6.45) is -0.246. The smallest absolute Gasteiger partial charge is 0.306 e. The minimum atomic E-state index is -0.940. The Morgan fingerprint density at radius 2 is 1.96 bits per heavy atom. The maximum atomic E-state index is 13.0. The lowest BCUT2D eigenvalue weighted by atomic mass is 9.88. The SMILES string of the molecule is COC(=O)C[C@H](c1c(O)cc(C)[nH]c1=O)c1cc2ccccc2n(C)c1=O. The summed E-state index contributed by atoms with van der Waals surface area (Å²) in [5, 5.41) is 11.2. The van der Waals surface area contributed by atoms with Crippen molar-refractivity contribution in [1.82, 2.24) is 9.55 Å². The van der Waals surface area contributed by atoms with E-state index in [1.165, 1.54) is 17.7 Å². The summed E-state index contributed by atoms with van der Waals surface area (Å²) < 4.78 is 6.21. The molecule has 0 radical (unpaired) electrons. The van der Waals surface area contributed by atoms with Gasteiger partial charge in [0.2, 0.25) is 0 Å². The number of carbonyl (C=O) groups is 1. The Kier molecular flexibility index (Phi) is 4.85. The fourth-order valence-electron chi connectivity index (χ4n) is 3.33. The normalized spacial score (nSPS) is 12.1. The molecule has 0 fully saturated rings. The van der Waals surface area contributed by atoms with Crippen molar-refractivity contribution in [1.29, 1.82) is 0 Å². The second-order valence-electron chi connectivity index (χ2n) is 6.44. The second-order valence-corrected chi connectivity index (χ2v) is 6.44. The summed E-state index contributed by atoms with van der Waals surface area (Å²) in [4.78, 5) is 40.1. The Bertz CT molecular complexity index is 1140. The first-order valence-corrected chi connectivity index (χ1v) is 8.41. The van der Waals surface area contributed by atoms with Crippen LogP contribution in [0.15, 0.2) is 46.0 Å². The van der Waals surface area contributed by atoms with Crippen molar-refractivity contribution in [2.75, 3.05) is 7.11 Å². The van der Waals surface area contributed by atoms with Crippen molar-refractivity contribution in [3.8, 4) is 5.75 Å². The van der Waals surface area contributed by atoms with Crippen molar-refractivity contribution in [3.05, 3.63) is 73.9 Å². The van der Waals surface area contributed by atoms with Crippen LogP contribution in [-0.4, -0.2) is 27.7 Å². The van der Waals surface area contributed by atoms with Gasteiger partial charge in [-0.05, 0) is 30.5 Å². The Labute approximate surface area is 154 Å². The molecule has 1 atom stereocenters. The van der Waals surface area contributed by atoms with E-state index in [4.69, 9.17) is 4.74 Å². The van der Waals surface area contributed by atoms with Gasteiger partial charge in [0.15, 0.2) is 0 Å². The third kappa shape index (κ3) is 3.36. The molecule has 2 N–H and O–H groups in total. The van der Waals surface area contributed by atoms with Gasteiger partial charge in [0.1, 0.15) is 5.75 Å². The maximum Gasteiger partial charge on any atom is 0.306 e. The number of pyridine rings is 2. The average molecular weight is 368 g/mol. The predicted octanol–water partition coefficient (Wildman–Crippen LogP) is 1.94. The van der Waals surface area contributed by atoms with E-state index in [2.05, 4.69) is 4.98 Å². The minimum Gasteiger partial charge on any atom is -0.507 e. The number of aromatic nitrogens is 2. The van der Waals surface area contributed by atoms with Gasteiger partial charge in [0.25, 0.3) is 11.1 Å². The highest BCUT2D eigenvalue weighted by Crippen LogP contribution is 2.31. The number of nitrogens with zero attached hydrogens (tertiary/aromatic N) is 1. The number of carbonyl (C=O) groups excluding carboxylic acids is 1. The molecule has 140 valence electrons. The Morgan fingerprint density at radius 3 is 2.63 bits per heavy atom. The molecule has 0 amide bonds. The number of fused-ring (bicyclic) bond motifs is 1. The molecule has 0 bridgehead atoms. The van der Waals surface area contributed by atoms with Gasteiger partial charge in [-0.3, -0.25) is 14.4 Å². The molecule has 0 saturated carbocycles. The Hall–Kier alpha value is -3.35. The number of hydrogen-bond acceptors (Lipinski definition) is 5. The third-order valence-electron chi connectivity index (χ3n) is 4.67. The van der Waals surface area contributed by atoms with Crippen molar-refractivity contribution >= 4 is 16.9 Å². The summed E-state index contributed by atoms with van der Waals surface area (Å²) in [7, 11) is 2.86. The molecule has 27 heavy (non-hydrogen) atoms. The molecular formula is C20H20N2O5. The van der Waals surface area contributed by atoms with Crippen LogP contribution in [0.5, 0.6) is 5.75 Å². The number of nitrogens with one attached hydrogen (secondary N) is 1. The number of aryl methyl sites for hydroxylation is 2. The first-order chi connectivity index (χ1) is 12.8. The Balaban J connectivity index is 2.32. The van der Waals surface area contributed by atoms with Crippen LogP contribution >= 0.6 is 0 Å². The van der Waals surface area contributed by atoms with Crippen LogP contribution in [0.3, 0.4) is 0 Å². The van der Waals surface area contributed by atoms with Crippen molar-refractivity contribution in [2.24, 2.45) is 7.05 Å². The average Bonchev–Trinajstić information content (AvgIpc) is 2.63. The quantitative estimate of drug-likeness (QED) is 0.685. The van der Waals surface area contributed by atoms with Crippen LogP contribution in [0.4, 0.5) is 0 Å². The lowest BCUT2D eigenvalue weighted by molar-refractivity contribution is -0.140. The van der Waals surface area contributed by atoms with Crippen molar-refractivity contribution < 1.29 is 14.6 Å². The van der Waals surface area contributed by atoms with Crippen LogP contribution in [-0.2, 0) is 16.6 Å². The largest absolute Gasteiger partial charge is 0.507 e. The topological polar surface area (TPSA) is 101 Å². The lowest BCUT2D eigenvalue weighted by Crippen LogP contribution is -2.28. The summed E-state index contributed by atoms with van der Waals surface area (Å²) in [5.41, 5.74) is 0.526. The number of H-pyrrole nitrogens is 1. The highest BCUT2D eigenvalue weighted by atomic mass is 16.5. The number of ether oxygens (including phenoxy) is 1. The number of aromatic hydroxyl groups is 1. The minimum absolute atomic E-state index is 0.0293. The molecule has 3 aromatic rings. The number of para-hydroxylation sites is 1. The molecule has 0 aliphatic carbocycles. The number of esters is 1. The molecule has 0 unspecified atom stereocenters. The number of hydrogen-bond donors (Lipinski definition) is 2. The van der Waals surface area contributed by atoms with E-state index in [9.17, 15) is 19.5 Å². The molecule has 7 heteroatoms. The van der Waals surface area contributed by atoms with Gasteiger partial charge < -0.3 is 19.4 Å². The first-order valence-electron chi connectivity index (χ1n) is 8.41. The Morgan fingerprint density at radius 1 is 1.26 bits per heavy atom. The van der Waals surface area contributed by atoms with Gasteiger partial charge in [-0.2, -0.15) is 0 Å². The lowest BCUT2D eigenvalue weighted by Gasteiger charge is -2.18. The van der Waals surface area contributed by atoms with Crippen LogP contribution in [0.25, 0.3) is 10.9 Å². The van der Waals surface area contributed by atoms with Gasteiger partial charge in [-0.25, -0.2) is 0 Å². The van der Waals surface area contributed by atoms with Crippen molar-refractivity contribution in [3.63, 3.8) is 0 Å². The van der Waals surface area contributed by atoms with E-state index < -0.39 is 17.4 Å². The number of methoxy groups -OCH3 is 1. The zero-order valence-electron chi connectivity index (χ0n) is 15.3. The molecule has 7 nitrogen and oxygen atoms in total. The summed E-state index contributed by atoms with van der Waals surface area (Å²) in [5.74, 6) is -1.79. The van der Waals surface area contributed by atoms with E-state index in [-0.39, 0.29) is 28.9 Å². The third-order valence-corrected chi connectivity index (χ3v) is 4.67. The van der Waals surface area contributed by atoms with Gasteiger partial charge in [0.05, 0.1) is 24.6 Å². The van der Waals surface area contributed by atoms with E-state index >= 15 is 0 Å². The summed E-state index contributed by atoms with van der Waals surface area (Å²) >= 11 is 0. The summed E-state index contributed by atoms with van der Waals surface area (Å²) in [6.45, 7) is 1.63. The molecule has 0 saturated heterocycles. The van der Waals surface area contributed by atoms with Gasteiger partial charge >= 0.3 is 5.97 Å². The van der Waals surface area contributed by atoms with Crippen LogP contribution in [0.1, 0.15) is 29.2 Å². The molecule has 0 spiro atoms. The molecule has 2 aromatic heterocycles. The van der Waals surface area contributed by atoms with Gasteiger partial charge in [-0.15, -0.1) is 0 Å². The summed E-state index contributed by atoms with van der Waals surface area (Å²) in [6, 6.07) is 10.4. The molecule has 2 heterocycles. The highest BCUT2D eigenvalue weighted by Gasteiger charge is 2.28. The predicted molar refractivity (Wildman–Crippen MR) is 101 cm³/mol. The monoisotopic (exact) mass is 368 g/mol. The standard InChI is InChI=1S/C20H20N2O5/c1-11-8-16(23)18(19(25)21-11)13(10-17(24)27-3)14-9-12-6-4-5-7-15(12)22(2)20(14)26/h4-9,13H,10H2,1-3H3,(H2,21,23,25)/t13-/m0/s1. The number of aromatic amines is 1. The van der Waals surface area contributed by atoms with Crippen molar-refractivity contribution in [2.45, 2.75) is 19.3 Å². The molecule has 3 rings (SSSR count).